The summed E-state index contributed by atoms with van der Waals surface area (Å²) in [5.41, 5.74) is 0. The molecule has 0 heterocycles. The second-order valence-electron chi connectivity index (χ2n) is 2.82. The van der Waals surface area contributed by atoms with Gasteiger partial charge in [-0.3, -0.25) is 5.32 Å². The van der Waals surface area contributed by atoms with Gasteiger partial charge in [-0.05, 0) is 6.42 Å². The molecule has 0 aliphatic heterocycles. The number of ether oxygens (including phenoxy) is 2. The van der Waals surface area contributed by atoms with Crippen molar-refractivity contribution in [2.75, 3.05) is 20.8 Å². The highest BCUT2D eigenvalue weighted by Crippen LogP contribution is 1.96. The quantitative estimate of drug-likeness (QED) is 0.474. The topological polar surface area (TPSA) is 30.5 Å². The van der Waals surface area contributed by atoms with Gasteiger partial charge in [0.25, 0.3) is 0 Å². The first-order valence-corrected chi connectivity index (χ1v) is 4.53. The average Bonchev–Trinajstić information content (AvgIpc) is 2.17. The molecule has 0 fully saturated rings. The summed E-state index contributed by atoms with van der Waals surface area (Å²) in [6.45, 7) is 2.73. The fourth-order valence-corrected chi connectivity index (χ4v) is 1.03. The first-order valence-electron chi connectivity index (χ1n) is 4.53. The normalized spacial score (nSPS) is 12.8. The fraction of sp³-hybridized carbons (Fsp3) is 0.800. The molecule has 0 aromatic rings. The van der Waals surface area contributed by atoms with Crippen molar-refractivity contribution in [2.24, 2.45) is 0 Å². The minimum Gasteiger partial charge on any atom is -0.355 e. The Bertz CT molecular complexity index is 149. The van der Waals surface area contributed by atoms with Crippen LogP contribution in [-0.4, -0.2) is 33.1 Å². The Labute approximate surface area is 80.8 Å². The minimum absolute atomic E-state index is 0.123. The molecule has 1 N–H and O–H groups in total. The van der Waals surface area contributed by atoms with Crippen LogP contribution in [0.1, 0.15) is 19.8 Å². The molecule has 0 saturated heterocycles. The molecule has 1 atom stereocenters. The summed E-state index contributed by atoms with van der Waals surface area (Å²) >= 11 is 0. The van der Waals surface area contributed by atoms with Crippen LogP contribution in [0.2, 0.25) is 0 Å². The van der Waals surface area contributed by atoms with Gasteiger partial charge >= 0.3 is 0 Å². The maximum atomic E-state index is 5.33. The lowest BCUT2D eigenvalue weighted by atomic mass is 10.2. The number of hydrogen-bond donors (Lipinski definition) is 1. The molecule has 3 nitrogen and oxygen atoms in total. The molecule has 0 radical (unpaired) electrons. The number of hydrogen-bond acceptors (Lipinski definition) is 3. The van der Waals surface area contributed by atoms with Crippen LogP contribution in [0.15, 0.2) is 0 Å². The largest absolute Gasteiger partial charge is 0.355 e. The Kier molecular flexibility index (Phi) is 7.71. The maximum absolute atomic E-state index is 5.33. The molecule has 0 rings (SSSR count). The minimum atomic E-state index is -0.215. The van der Waals surface area contributed by atoms with E-state index in [1.165, 1.54) is 0 Å². The van der Waals surface area contributed by atoms with Crippen molar-refractivity contribution in [3.63, 3.8) is 0 Å². The van der Waals surface area contributed by atoms with E-state index in [-0.39, 0.29) is 12.3 Å². The van der Waals surface area contributed by atoms with E-state index >= 15 is 0 Å². The molecule has 0 aliphatic carbocycles. The van der Waals surface area contributed by atoms with Gasteiger partial charge in [-0.25, -0.2) is 0 Å². The van der Waals surface area contributed by atoms with E-state index in [4.69, 9.17) is 15.9 Å². The zero-order valence-corrected chi connectivity index (χ0v) is 8.67. The van der Waals surface area contributed by atoms with Crippen molar-refractivity contribution < 1.29 is 9.47 Å². The van der Waals surface area contributed by atoms with Crippen LogP contribution in [0.3, 0.4) is 0 Å². The first-order chi connectivity index (χ1) is 6.28. The molecule has 0 bridgehead atoms. The van der Waals surface area contributed by atoms with E-state index < -0.39 is 0 Å². The Balaban J connectivity index is 3.64. The van der Waals surface area contributed by atoms with Crippen molar-refractivity contribution in [1.29, 1.82) is 0 Å². The van der Waals surface area contributed by atoms with Gasteiger partial charge in [0.15, 0.2) is 6.29 Å². The Morgan fingerprint density at radius 2 is 2.00 bits per heavy atom. The summed E-state index contributed by atoms with van der Waals surface area (Å²) < 4.78 is 10.0. The standard InChI is InChI=1S/C10H19NO2/c1-5-7-9(6-2)11-8-10(12-3)13-4/h2,9-11H,5,7-8H2,1,3-4H3. The third kappa shape index (κ3) is 5.64. The van der Waals surface area contributed by atoms with E-state index in [2.05, 4.69) is 18.2 Å². The van der Waals surface area contributed by atoms with Crippen molar-refractivity contribution in [3.8, 4) is 12.3 Å². The van der Waals surface area contributed by atoms with Gasteiger partial charge in [-0.2, -0.15) is 0 Å². The summed E-state index contributed by atoms with van der Waals surface area (Å²) in [7, 11) is 3.22. The highest BCUT2D eigenvalue weighted by Gasteiger charge is 2.08. The zero-order valence-electron chi connectivity index (χ0n) is 8.67. The van der Waals surface area contributed by atoms with Crippen LogP contribution >= 0.6 is 0 Å². The van der Waals surface area contributed by atoms with Gasteiger partial charge in [0.1, 0.15) is 0 Å². The number of rotatable bonds is 7. The van der Waals surface area contributed by atoms with Gasteiger partial charge in [-0.15, -0.1) is 6.42 Å². The van der Waals surface area contributed by atoms with Crippen molar-refractivity contribution in [3.05, 3.63) is 0 Å². The lowest BCUT2D eigenvalue weighted by Gasteiger charge is -2.17. The van der Waals surface area contributed by atoms with Crippen molar-refractivity contribution >= 4 is 0 Å². The molecule has 76 valence electrons. The van der Waals surface area contributed by atoms with E-state index in [9.17, 15) is 0 Å². The molecule has 0 aliphatic rings. The summed E-state index contributed by atoms with van der Waals surface area (Å²) in [4.78, 5) is 0. The highest BCUT2D eigenvalue weighted by atomic mass is 16.7. The van der Waals surface area contributed by atoms with Crippen LogP contribution in [0.4, 0.5) is 0 Å². The van der Waals surface area contributed by atoms with E-state index in [0.717, 1.165) is 12.8 Å². The lowest BCUT2D eigenvalue weighted by Crippen LogP contribution is -2.36. The highest BCUT2D eigenvalue weighted by molar-refractivity contribution is 4.98. The molecule has 1 unspecified atom stereocenters. The SMILES string of the molecule is C#CC(CCC)NCC(OC)OC. The molecule has 0 aromatic heterocycles. The Morgan fingerprint density at radius 3 is 2.38 bits per heavy atom. The van der Waals surface area contributed by atoms with Gasteiger partial charge in [-0.1, -0.05) is 19.3 Å². The summed E-state index contributed by atoms with van der Waals surface area (Å²) in [5, 5.41) is 3.19. The Morgan fingerprint density at radius 1 is 1.38 bits per heavy atom. The number of methoxy groups -OCH3 is 2. The second-order valence-corrected chi connectivity index (χ2v) is 2.82. The third-order valence-electron chi connectivity index (χ3n) is 1.84. The van der Waals surface area contributed by atoms with Gasteiger partial charge in [0.2, 0.25) is 0 Å². The second kappa shape index (κ2) is 8.06. The summed E-state index contributed by atoms with van der Waals surface area (Å²) in [5.74, 6) is 2.68. The molecule has 0 saturated carbocycles. The summed E-state index contributed by atoms with van der Waals surface area (Å²) in [6, 6.07) is 0.123. The maximum Gasteiger partial charge on any atom is 0.169 e. The fourth-order valence-electron chi connectivity index (χ4n) is 1.03. The smallest absolute Gasteiger partial charge is 0.169 e. The van der Waals surface area contributed by atoms with Crippen LogP contribution in [0.25, 0.3) is 0 Å². The first kappa shape index (κ1) is 12.4. The van der Waals surface area contributed by atoms with E-state index in [0.29, 0.717) is 6.54 Å². The number of nitrogens with one attached hydrogen (secondary N) is 1. The van der Waals surface area contributed by atoms with Gasteiger partial charge in [0.05, 0.1) is 6.04 Å². The van der Waals surface area contributed by atoms with Crippen molar-refractivity contribution in [2.45, 2.75) is 32.1 Å². The van der Waals surface area contributed by atoms with Crippen LogP contribution in [0.5, 0.6) is 0 Å². The van der Waals surface area contributed by atoms with Crippen LogP contribution in [0, 0.1) is 12.3 Å². The molecule has 3 heteroatoms. The zero-order chi connectivity index (χ0) is 10.1. The predicted octanol–water partition coefficient (Wildman–Crippen LogP) is 0.997. The van der Waals surface area contributed by atoms with Crippen LogP contribution in [-0.2, 0) is 9.47 Å². The molecule has 0 amide bonds. The monoisotopic (exact) mass is 185 g/mol. The van der Waals surface area contributed by atoms with Crippen LogP contribution < -0.4 is 5.32 Å². The average molecular weight is 185 g/mol. The van der Waals surface area contributed by atoms with E-state index in [1.807, 2.05) is 0 Å². The molecule has 0 spiro atoms. The number of terminal acetylenes is 1. The van der Waals surface area contributed by atoms with Gasteiger partial charge in [0, 0.05) is 20.8 Å². The van der Waals surface area contributed by atoms with Gasteiger partial charge < -0.3 is 9.47 Å². The van der Waals surface area contributed by atoms with Crippen molar-refractivity contribution in [1.82, 2.24) is 5.32 Å². The molecular formula is C10H19NO2. The third-order valence-corrected chi connectivity index (χ3v) is 1.84. The Hall–Kier alpha value is -0.560. The van der Waals surface area contributed by atoms with E-state index in [1.54, 1.807) is 14.2 Å². The lowest BCUT2D eigenvalue weighted by molar-refractivity contribution is -0.0993. The molecule has 13 heavy (non-hydrogen) atoms. The summed E-state index contributed by atoms with van der Waals surface area (Å²) in [6.07, 6.45) is 7.18. The molecule has 0 aromatic carbocycles. The predicted molar refractivity (Wildman–Crippen MR) is 53.3 cm³/mol. The molecular weight excluding hydrogens is 166 g/mol.